The molecule has 0 fully saturated rings. The highest BCUT2D eigenvalue weighted by Crippen LogP contribution is 2.59. The van der Waals surface area contributed by atoms with Crippen LogP contribution in [0.25, 0.3) is 0 Å². The molecular formula is C26H12BrF14NO3. The first-order valence-electron chi connectivity index (χ1n) is 11.6. The highest BCUT2D eigenvalue weighted by molar-refractivity contribution is 9.10. The number of alkyl halides is 12. The number of hydrogen-bond acceptors (Lipinski definition) is 3. The van der Waals surface area contributed by atoms with Crippen LogP contribution in [0.4, 0.5) is 67.2 Å². The van der Waals surface area contributed by atoms with Gasteiger partial charge in [-0.3, -0.25) is 9.59 Å². The normalized spacial score (nSPS) is 14.1. The van der Waals surface area contributed by atoms with Crippen LogP contribution in [0.1, 0.15) is 31.8 Å². The molecule has 0 spiro atoms. The fraction of sp³-hybridized carbons (Fsp3) is 0.231. The average molecular weight is 732 g/mol. The summed E-state index contributed by atoms with van der Waals surface area (Å²) < 4.78 is 192. The first-order valence-corrected chi connectivity index (χ1v) is 12.4. The van der Waals surface area contributed by atoms with Crippen LogP contribution in [0.3, 0.4) is 0 Å². The molecule has 1 atom stereocenters. The van der Waals surface area contributed by atoms with E-state index in [0.717, 1.165) is 42.5 Å². The molecule has 0 bridgehead atoms. The summed E-state index contributed by atoms with van der Waals surface area (Å²) >= 11 is 2.34. The fourth-order valence-corrected chi connectivity index (χ4v) is 4.39. The van der Waals surface area contributed by atoms with Crippen LogP contribution < -0.4 is 10.1 Å². The van der Waals surface area contributed by atoms with Crippen LogP contribution in [-0.4, -0.2) is 36.3 Å². The van der Waals surface area contributed by atoms with E-state index in [2.05, 4.69) is 20.7 Å². The average Bonchev–Trinajstić information content (AvgIpc) is 2.89. The number of nitrogens with one attached hydrogen (secondary N) is 1. The van der Waals surface area contributed by atoms with Gasteiger partial charge in [0.15, 0.2) is 11.6 Å². The van der Waals surface area contributed by atoms with Crippen molar-refractivity contribution < 1.29 is 75.8 Å². The molecule has 3 rings (SSSR count). The van der Waals surface area contributed by atoms with Gasteiger partial charge in [-0.05, 0) is 48.5 Å². The lowest BCUT2D eigenvalue weighted by molar-refractivity contribution is -0.389. The van der Waals surface area contributed by atoms with E-state index in [4.69, 9.17) is 0 Å². The summed E-state index contributed by atoms with van der Waals surface area (Å²) in [6.07, 6.45) is -21.6. The second-order valence-electron chi connectivity index (χ2n) is 8.94. The van der Waals surface area contributed by atoms with Gasteiger partial charge < -0.3 is 10.1 Å². The number of carbonyl (C=O) groups is 2. The number of hydrogen-bond donors (Lipinski definition) is 1. The Balaban J connectivity index is 2.09. The molecule has 0 aliphatic heterocycles. The van der Waals surface area contributed by atoms with E-state index in [0.29, 0.717) is 0 Å². The number of benzene rings is 3. The van der Waals surface area contributed by atoms with Crippen molar-refractivity contribution >= 4 is 33.3 Å². The van der Waals surface area contributed by atoms with Gasteiger partial charge in [-0.2, -0.15) is 35.1 Å². The van der Waals surface area contributed by atoms with Crippen LogP contribution in [-0.2, 0) is 12.1 Å². The molecule has 4 nitrogen and oxygen atoms in total. The number of rotatable bonds is 8. The number of halogens is 15. The highest BCUT2D eigenvalue weighted by atomic mass is 79.9. The van der Waals surface area contributed by atoms with Crippen LogP contribution in [0.2, 0.25) is 0 Å². The van der Waals surface area contributed by atoms with E-state index in [1.54, 1.807) is 0 Å². The Hall–Kier alpha value is -3.90. The molecule has 3 aromatic rings. The van der Waals surface area contributed by atoms with Crippen molar-refractivity contribution in [2.24, 2.45) is 0 Å². The standard InChI is InChI=1S/C26H12BrF14NO3/c27-16-8-12(22(30,24(33,34)35)23(31,32)25(36,37)38)9-19(45-26(39,40)41)15(16)10-18(43)14-2-1-3-17(20(14)29)42-21(44)11-4-6-13(28)7-5-11/h1-9H,10H2,(H,42,44). The molecule has 0 radical (unpaired) electrons. The summed E-state index contributed by atoms with van der Waals surface area (Å²) in [5.41, 5.74) is -12.3. The minimum Gasteiger partial charge on any atom is -0.405 e. The third-order valence-corrected chi connectivity index (χ3v) is 6.66. The van der Waals surface area contributed by atoms with E-state index in [1.165, 1.54) is 0 Å². The van der Waals surface area contributed by atoms with Crippen LogP contribution in [0, 0.1) is 11.6 Å². The summed E-state index contributed by atoms with van der Waals surface area (Å²) in [7, 11) is 0. The Labute approximate surface area is 250 Å². The SMILES string of the molecule is O=C(Nc1cccc(C(=O)Cc2c(Br)cc(C(F)(C(F)(F)F)C(F)(F)C(F)(F)F)cc2OC(F)(F)F)c1F)c1ccc(F)cc1. The number of Topliss-reactive ketones (excluding diaryl/α,β-unsaturated/α-hetero) is 1. The van der Waals surface area contributed by atoms with E-state index >= 15 is 4.39 Å². The van der Waals surface area contributed by atoms with Crippen LogP contribution >= 0.6 is 15.9 Å². The molecule has 0 aromatic heterocycles. The summed E-state index contributed by atoms with van der Waals surface area (Å²) in [6.45, 7) is 0. The third-order valence-electron chi connectivity index (χ3n) is 5.95. The van der Waals surface area contributed by atoms with Gasteiger partial charge in [0.05, 0.1) is 11.3 Å². The van der Waals surface area contributed by atoms with Gasteiger partial charge in [0.1, 0.15) is 11.6 Å². The molecule has 1 N–H and O–H groups in total. The number of amides is 1. The predicted octanol–water partition coefficient (Wildman–Crippen LogP) is 9.23. The highest BCUT2D eigenvalue weighted by Gasteiger charge is 2.81. The van der Waals surface area contributed by atoms with Crippen molar-refractivity contribution in [1.29, 1.82) is 0 Å². The van der Waals surface area contributed by atoms with Crippen molar-refractivity contribution in [3.05, 3.63) is 93.0 Å². The molecule has 0 heterocycles. The van der Waals surface area contributed by atoms with Crippen LogP contribution in [0.15, 0.2) is 59.1 Å². The lowest BCUT2D eigenvalue weighted by atomic mass is 9.86. The summed E-state index contributed by atoms with van der Waals surface area (Å²) in [5.74, 6) is -13.9. The molecule has 0 aliphatic rings. The van der Waals surface area contributed by atoms with E-state index in [1.807, 2.05) is 5.32 Å². The smallest absolute Gasteiger partial charge is 0.405 e. The quantitative estimate of drug-likeness (QED) is 0.186. The van der Waals surface area contributed by atoms with Crippen molar-refractivity contribution in [2.45, 2.75) is 36.7 Å². The summed E-state index contributed by atoms with van der Waals surface area (Å²) in [4.78, 5) is 25.2. The van der Waals surface area contributed by atoms with Gasteiger partial charge in [-0.25, -0.2) is 13.2 Å². The maximum atomic E-state index is 15.1. The largest absolute Gasteiger partial charge is 0.573 e. The van der Waals surface area contributed by atoms with Gasteiger partial charge >= 0.3 is 30.3 Å². The Morgan fingerprint density at radius 1 is 0.778 bits per heavy atom. The topological polar surface area (TPSA) is 55.4 Å². The van der Waals surface area contributed by atoms with E-state index in [-0.39, 0.29) is 11.6 Å². The Morgan fingerprint density at radius 3 is 1.87 bits per heavy atom. The van der Waals surface area contributed by atoms with Crippen molar-refractivity contribution in [1.82, 2.24) is 0 Å². The zero-order chi connectivity index (χ0) is 34.3. The second kappa shape index (κ2) is 12.1. The fourth-order valence-electron chi connectivity index (χ4n) is 3.81. The molecular weight excluding hydrogens is 720 g/mol. The number of anilines is 1. The summed E-state index contributed by atoms with van der Waals surface area (Å²) in [6, 6.07) is 5.34. The van der Waals surface area contributed by atoms with Gasteiger partial charge in [0.25, 0.3) is 5.91 Å². The molecule has 1 unspecified atom stereocenters. The molecule has 244 valence electrons. The number of ketones is 1. The molecule has 3 aromatic carbocycles. The van der Waals surface area contributed by atoms with Gasteiger partial charge in [-0.1, -0.05) is 22.0 Å². The first-order chi connectivity index (χ1) is 20.4. The predicted molar refractivity (Wildman–Crippen MR) is 129 cm³/mol. The molecule has 19 heteroatoms. The van der Waals surface area contributed by atoms with Crippen molar-refractivity contribution in [2.75, 3.05) is 5.32 Å². The minimum absolute atomic E-state index is 0.176. The van der Waals surface area contributed by atoms with Crippen molar-refractivity contribution in [3.63, 3.8) is 0 Å². The monoisotopic (exact) mass is 731 g/mol. The Kier molecular flexibility index (Phi) is 9.59. The number of ether oxygens (including phenoxy) is 1. The molecule has 1 amide bonds. The summed E-state index contributed by atoms with van der Waals surface area (Å²) in [5, 5.41) is 2.04. The Morgan fingerprint density at radius 2 is 1.36 bits per heavy atom. The zero-order valence-electron chi connectivity index (χ0n) is 21.3. The lowest BCUT2D eigenvalue weighted by Crippen LogP contribution is -2.59. The van der Waals surface area contributed by atoms with Gasteiger partial charge in [0, 0.05) is 27.6 Å². The van der Waals surface area contributed by atoms with Crippen molar-refractivity contribution in [3.8, 4) is 5.75 Å². The zero-order valence-corrected chi connectivity index (χ0v) is 22.9. The third kappa shape index (κ3) is 7.17. The lowest BCUT2D eigenvalue weighted by Gasteiger charge is -2.36. The molecule has 45 heavy (non-hydrogen) atoms. The van der Waals surface area contributed by atoms with E-state index in [9.17, 15) is 66.7 Å². The van der Waals surface area contributed by atoms with Gasteiger partial charge in [-0.15, -0.1) is 13.2 Å². The second-order valence-corrected chi connectivity index (χ2v) is 9.79. The molecule has 0 saturated carbocycles. The van der Waals surface area contributed by atoms with E-state index < -0.39 is 98.7 Å². The minimum atomic E-state index is -7.24. The maximum Gasteiger partial charge on any atom is 0.573 e. The van der Waals surface area contributed by atoms with Crippen LogP contribution in [0.5, 0.6) is 5.75 Å². The maximum absolute atomic E-state index is 15.1. The number of carbonyl (C=O) groups excluding carboxylic acids is 2. The first kappa shape index (κ1) is 35.6. The van der Waals surface area contributed by atoms with Gasteiger partial charge in [0.2, 0.25) is 0 Å². The Bertz CT molecular complexity index is 1600. The molecule has 0 saturated heterocycles. The molecule has 0 aliphatic carbocycles.